The molecule has 31 heavy (non-hydrogen) atoms. The van der Waals surface area contributed by atoms with Crippen LogP contribution < -0.4 is 9.47 Å². The van der Waals surface area contributed by atoms with Crippen LogP contribution >= 0.6 is 0 Å². The fourth-order valence-electron chi connectivity index (χ4n) is 3.74. The molecule has 3 aromatic rings. The van der Waals surface area contributed by atoms with Gasteiger partial charge in [0.25, 0.3) is 0 Å². The van der Waals surface area contributed by atoms with Crippen LogP contribution in [0.4, 0.5) is 0 Å². The van der Waals surface area contributed by atoms with Gasteiger partial charge in [0.05, 0.1) is 13.7 Å². The van der Waals surface area contributed by atoms with Gasteiger partial charge in [0.2, 0.25) is 6.29 Å². The first-order chi connectivity index (χ1) is 15.3. The van der Waals surface area contributed by atoms with E-state index in [1.807, 2.05) is 78.9 Å². The monoisotopic (exact) mass is 416 g/mol. The van der Waals surface area contributed by atoms with Crippen LogP contribution in [0, 0.1) is 0 Å². The lowest BCUT2D eigenvalue weighted by Gasteiger charge is -2.38. The van der Waals surface area contributed by atoms with Crippen LogP contribution in [0.2, 0.25) is 0 Å². The quantitative estimate of drug-likeness (QED) is 0.539. The van der Waals surface area contributed by atoms with Gasteiger partial charge in [0, 0.05) is 5.56 Å². The van der Waals surface area contributed by atoms with Crippen molar-refractivity contribution in [1.82, 2.24) is 0 Å². The molecule has 2 heterocycles. The molecule has 5 heteroatoms. The molecule has 0 aromatic heterocycles. The number of hydrogen-bond acceptors (Lipinski definition) is 5. The number of fused-ring (bicyclic) bond motifs is 1. The molecule has 0 spiro atoms. The molecule has 2 aliphatic heterocycles. The first-order valence-corrected chi connectivity index (χ1v) is 10.4. The Morgan fingerprint density at radius 2 is 1.45 bits per heavy atom. The molecule has 0 amide bonds. The second-order valence-corrected chi connectivity index (χ2v) is 7.48. The largest absolute Gasteiger partial charge is 0.497 e. The third kappa shape index (κ3) is 4.49. The Balaban J connectivity index is 1.20. The summed E-state index contributed by atoms with van der Waals surface area (Å²) >= 11 is 0. The number of hydrogen-bond donors (Lipinski definition) is 0. The van der Waals surface area contributed by atoms with E-state index in [4.69, 9.17) is 23.7 Å². The van der Waals surface area contributed by atoms with Crippen LogP contribution in [0.25, 0.3) is 11.1 Å². The molecule has 5 nitrogen and oxygen atoms in total. The Kier molecular flexibility index (Phi) is 5.71. The molecule has 0 aliphatic carbocycles. The number of methoxy groups -OCH3 is 1. The maximum atomic E-state index is 6.08. The molecule has 5 rings (SSSR count). The summed E-state index contributed by atoms with van der Waals surface area (Å²) in [5.74, 6) is 1.55. The van der Waals surface area contributed by atoms with Gasteiger partial charge in [0.15, 0.2) is 6.29 Å². The molecule has 4 unspecified atom stereocenters. The standard InChI is InChI=1S/C26H24O5/c1-27-21-11-9-20(10-12-21)26-28-17-24-23(31-26)15-16-25(30-24)29-22-13-7-19(8-14-22)18-5-3-2-4-6-18/h2-16,23-26H,17H2,1H3. The fraction of sp³-hybridized carbons (Fsp3) is 0.231. The van der Waals surface area contributed by atoms with E-state index in [9.17, 15) is 0 Å². The van der Waals surface area contributed by atoms with Gasteiger partial charge in [0.1, 0.15) is 23.7 Å². The van der Waals surface area contributed by atoms with Crippen LogP contribution in [-0.2, 0) is 14.2 Å². The van der Waals surface area contributed by atoms with Crippen molar-refractivity contribution in [3.63, 3.8) is 0 Å². The molecule has 158 valence electrons. The number of rotatable bonds is 5. The Bertz CT molecular complexity index is 1010. The summed E-state index contributed by atoms with van der Waals surface area (Å²) in [7, 11) is 1.65. The van der Waals surface area contributed by atoms with Crippen LogP contribution in [0.15, 0.2) is 91.0 Å². The summed E-state index contributed by atoms with van der Waals surface area (Å²) in [5, 5.41) is 0. The van der Waals surface area contributed by atoms with E-state index in [0.29, 0.717) is 6.61 Å². The van der Waals surface area contributed by atoms with Crippen LogP contribution in [0.5, 0.6) is 11.5 Å². The Morgan fingerprint density at radius 3 is 2.19 bits per heavy atom. The van der Waals surface area contributed by atoms with E-state index in [0.717, 1.165) is 22.6 Å². The van der Waals surface area contributed by atoms with Crippen molar-refractivity contribution in [2.45, 2.75) is 24.8 Å². The molecular formula is C26H24O5. The summed E-state index contributed by atoms with van der Waals surface area (Å²) in [4.78, 5) is 0. The molecule has 0 bridgehead atoms. The molecular weight excluding hydrogens is 392 g/mol. The maximum Gasteiger partial charge on any atom is 0.220 e. The normalized spacial score (nSPS) is 24.9. The van der Waals surface area contributed by atoms with Gasteiger partial charge in [-0.3, -0.25) is 0 Å². The minimum absolute atomic E-state index is 0.179. The zero-order valence-electron chi connectivity index (χ0n) is 17.2. The lowest BCUT2D eigenvalue weighted by molar-refractivity contribution is -0.275. The van der Waals surface area contributed by atoms with Gasteiger partial charge < -0.3 is 23.7 Å². The van der Waals surface area contributed by atoms with E-state index in [-0.39, 0.29) is 12.2 Å². The second kappa shape index (κ2) is 8.94. The van der Waals surface area contributed by atoms with Gasteiger partial charge >= 0.3 is 0 Å². The van der Waals surface area contributed by atoms with Gasteiger partial charge in [-0.15, -0.1) is 0 Å². The molecule has 0 saturated carbocycles. The third-order valence-electron chi connectivity index (χ3n) is 5.43. The smallest absolute Gasteiger partial charge is 0.220 e. The van der Waals surface area contributed by atoms with E-state index in [1.165, 1.54) is 5.56 Å². The highest BCUT2D eigenvalue weighted by molar-refractivity contribution is 5.63. The minimum Gasteiger partial charge on any atom is -0.497 e. The van der Waals surface area contributed by atoms with Crippen molar-refractivity contribution >= 4 is 0 Å². The topological polar surface area (TPSA) is 46.2 Å². The van der Waals surface area contributed by atoms with Crippen molar-refractivity contribution in [3.8, 4) is 22.6 Å². The average molecular weight is 416 g/mol. The lowest BCUT2D eigenvalue weighted by atomic mass is 10.1. The Morgan fingerprint density at radius 1 is 0.742 bits per heavy atom. The molecule has 1 fully saturated rings. The lowest BCUT2D eigenvalue weighted by Crippen LogP contribution is -2.46. The summed E-state index contributed by atoms with van der Waals surface area (Å²) in [6, 6.07) is 26.0. The maximum absolute atomic E-state index is 6.08. The minimum atomic E-state index is -0.478. The zero-order chi connectivity index (χ0) is 21.0. The Labute approximate surface area is 181 Å². The van der Waals surface area contributed by atoms with Gasteiger partial charge in [-0.05, 0) is 41.5 Å². The molecule has 0 N–H and O–H groups in total. The predicted molar refractivity (Wildman–Crippen MR) is 117 cm³/mol. The Hall–Kier alpha value is -3.12. The van der Waals surface area contributed by atoms with Gasteiger partial charge in [-0.25, -0.2) is 0 Å². The fourth-order valence-corrected chi connectivity index (χ4v) is 3.74. The zero-order valence-corrected chi connectivity index (χ0v) is 17.2. The highest BCUT2D eigenvalue weighted by Gasteiger charge is 2.36. The van der Waals surface area contributed by atoms with Crippen molar-refractivity contribution in [1.29, 1.82) is 0 Å². The van der Waals surface area contributed by atoms with Crippen molar-refractivity contribution in [2.24, 2.45) is 0 Å². The summed E-state index contributed by atoms with van der Waals surface area (Å²) in [6.45, 7) is 0.429. The van der Waals surface area contributed by atoms with Crippen LogP contribution in [-0.4, -0.2) is 32.2 Å². The first kappa shape index (κ1) is 19.8. The number of ether oxygens (including phenoxy) is 5. The van der Waals surface area contributed by atoms with E-state index >= 15 is 0 Å². The molecule has 0 radical (unpaired) electrons. The molecule has 3 aromatic carbocycles. The average Bonchev–Trinajstić information content (AvgIpc) is 2.85. The van der Waals surface area contributed by atoms with E-state index < -0.39 is 12.6 Å². The summed E-state index contributed by atoms with van der Waals surface area (Å²) in [6.07, 6.45) is 2.59. The highest BCUT2D eigenvalue weighted by Crippen LogP contribution is 2.32. The highest BCUT2D eigenvalue weighted by atomic mass is 16.7. The van der Waals surface area contributed by atoms with Crippen LogP contribution in [0.3, 0.4) is 0 Å². The summed E-state index contributed by atoms with van der Waals surface area (Å²) < 4.78 is 29.2. The predicted octanol–water partition coefficient (Wildman–Crippen LogP) is 5.14. The number of benzene rings is 3. The molecule has 2 aliphatic rings. The van der Waals surface area contributed by atoms with Gasteiger partial charge in [-0.2, -0.15) is 0 Å². The molecule has 1 saturated heterocycles. The summed E-state index contributed by atoms with van der Waals surface area (Å²) in [5.41, 5.74) is 3.27. The SMILES string of the molecule is COc1ccc(C2OCC3OC(Oc4ccc(-c5ccccc5)cc4)C=CC3O2)cc1. The van der Waals surface area contributed by atoms with Crippen molar-refractivity contribution in [3.05, 3.63) is 96.6 Å². The van der Waals surface area contributed by atoms with E-state index in [2.05, 4.69) is 12.1 Å². The van der Waals surface area contributed by atoms with Gasteiger partial charge in [-0.1, -0.05) is 60.7 Å². The molecule has 4 atom stereocenters. The first-order valence-electron chi connectivity index (χ1n) is 10.4. The third-order valence-corrected chi connectivity index (χ3v) is 5.43. The van der Waals surface area contributed by atoms with Crippen LogP contribution in [0.1, 0.15) is 11.9 Å². The second-order valence-electron chi connectivity index (χ2n) is 7.48. The van der Waals surface area contributed by atoms with E-state index in [1.54, 1.807) is 7.11 Å². The van der Waals surface area contributed by atoms with Crippen molar-refractivity contribution < 1.29 is 23.7 Å². The van der Waals surface area contributed by atoms with Crippen molar-refractivity contribution in [2.75, 3.05) is 13.7 Å².